The van der Waals surface area contributed by atoms with Gasteiger partial charge in [-0.05, 0) is 51.3 Å². The molecule has 1 atom stereocenters. The first-order valence-electron chi connectivity index (χ1n) is 8.35. The highest BCUT2D eigenvalue weighted by Crippen LogP contribution is 2.31. The number of benzene rings is 1. The van der Waals surface area contributed by atoms with Crippen LogP contribution < -0.4 is 14.8 Å². The van der Waals surface area contributed by atoms with E-state index >= 15 is 0 Å². The largest absolute Gasteiger partial charge is 0.490 e. The molecule has 0 radical (unpaired) electrons. The topological polar surface area (TPSA) is 47.6 Å². The second-order valence-electron chi connectivity index (χ2n) is 5.78. The highest BCUT2D eigenvalue weighted by Gasteiger charge is 2.24. The molecular formula is C18H27NO3. The minimum Gasteiger partial charge on any atom is -0.490 e. The van der Waals surface area contributed by atoms with Gasteiger partial charge in [0, 0.05) is 5.92 Å². The maximum Gasteiger partial charge on any atom is 0.223 e. The van der Waals surface area contributed by atoms with E-state index in [0.29, 0.717) is 13.2 Å². The first-order valence-corrected chi connectivity index (χ1v) is 8.35. The highest BCUT2D eigenvalue weighted by molar-refractivity contribution is 5.79. The van der Waals surface area contributed by atoms with Gasteiger partial charge < -0.3 is 14.8 Å². The summed E-state index contributed by atoms with van der Waals surface area (Å²) in [7, 11) is 0. The van der Waals surface area contributed by atoms with Gasteiger partial charge in [-0.15, -0.1) is 0 Å². The van der Waals surface area contributed by atoms with E-state index in [1.165, 1.54) is 12.8 Å². The molecule has 1 saturated carbocycles. The summed E-state index contributed by atoms with van der Waals surface area (Å²) in [5.74, 6) is 1.86. The van der Waals surface area contributed by atoms with Crippen LogP contribution in [-0.4, -0.2) is 19.1 Å². The van der Waals surface area contributed by atoms with Crippen molar-refractivity contribution in [1.82, 2.24) is 5.32 Å². The molecule has 0 aliphatic heterocycles. The van der Waals surface area contributed by atoms with E-state index in [2.05, 4.69) is 5.32 Å². The normalized spacial score (nSPS) is 16.3. The van der Waals surface area contributed by atoms with E-state index in [-0.39, 0.29) is 17.9 Å². The smallest absolute Gasteiger partial charge is 0.223 e. The lowest BCUT2D eigenvalue weighted by molar-refractivity contribution is -0.125. The number of nitrogens with one attached hydrogen (secondary N) is 1. The first-order chi connectivity index (χ1) is 10.7. The Kier molecular flexibility index (Phi) is 6.10. The van der Waals surface area contributed by atoms with Crippen LogP contribution in [-0.2, 0) is 4.79 Å². The predicted molar refractivity (Wildman–Crippen MR) is 87.3 cm³/mol. The summed E-state index contributed by atoms with van der Waals surface area (Å²) in [6.45, 7) is 7.11. The maximum atomic E-state index is 12.2. The summed E-state index contributed by atoms with van der Waals surface area (Å²) in [4.78, 5) is 12.2. The summed E-state index contributed by atoms with van der Waals surface area (Å²) < 4.78 is 11.2. The van der Waals surface area contributed by atoms with Crippen LogP contribution in [0.15, 0.2) is 18.2 Å². The van der Waals surface area contributed by atoms with Crippen LogP contribution in [0.25, 0.3) is 0 Å². The fourth-order valence-electron chi connectivity index (χ4n) is 2.94. The molecule has 0 bridgehead atoms. The quantitative estimate of drug-likeness (QED) is 0.832. The van der Waals surface area contributed by atoms with Gasteiger partial charge >= 0.3 is 0 Å². The molecule has 122 valence electrons. The number of amides is 1. The van der Waals surface area contributed by atoms with Crippen molar-refractivity contribution in [3.05, 3.63) is 23.8 Å². The van der Waals surface area contributed by atoms with Crippen LogP contribution in [0.1, 0.15) is 58.1 Å². The average molecular weight is 305 g/mol. The van der Waals surface area contributed by atoms with E-state index in [4.69, 9.17) is 9.47 Å². The van der Waals surface area contributed by atoms with Crippen molar-refractivity contribution in [3.8, 4) is 11.5 Å². The van der Waals surface area contributed by atoms with Gasteiger partial charge in [0.25, 0.3) is 0 Å². The number of hydrogen-bond acceptors (Lipinski definition) is 3. The SMILES string of the molecule is CCOc1ccc([C@@H](C)NC(=O)C2CCCC2)cc1OCC. The van der Waals surface area contributed by atoms with E-state index < -0.39 is 0 Å². The van der Waals surface area contributed by atoms with Crippen molar-refractivity contribution in [2.45, 2.75) is 52.5 Å². The maximum absolute atomic E-state index is 12.2. The molecule has 4 nitrogen and oxygen atoms in total. The first kappa shape index (κ1) is 16.7. The van der Waals surface area contributed by atoms with Gasteiger partial charge in [-0.3, -0.25) is 4.79 Å². The van der Waals surface area contributed by atoms with Gasteiger partial charge in [-0.25, -0.2) is 0 Å². The molecule has 1 aliphatic rings. The molecule has 1 aromatic carbocycles. The van der Waals surface area contributed by atoms with Gasteiger partial charge in [-0.2, -0.15) is 0 Å². The van der Waals surface area contributed by atoms with Crippen molar-refractivity contribution in [2.24, 2.45) is 5.92 Å². The van der Waals surface area contributed by atoms with Crippen LogP contribution in [0.4, 0.5) is 0 Å². The number of hydrogen-bond donors (Lipinski definition) is 1. The summed E-state index contributed by atoms with van der Waals surface area (Å²) in [5, 5.41) is 3.12. The molecule has 0 unspecified atom stereocenters. The van der Waals surface area contributed by atoms with Gasteiger partial charge in [0.2, 0.25) is 5.91 Å². The Labute approximate surface area is 133 Å². The van der Waals surface area contributed by atoms with Crippen molar-refractivity contribution >= 4 is 5.91 Å². The molecule has 1 aliphatic carbocycles. The summed E-state index contributed by atoms with van der Waals surface area (Å²) in [6, 6.07) is 5.85. The minimum absolute atomic E-state index is 0.0250. The van der Waals surface area contributed by atoms with Crippen LogP contribution in [0.3, 0.4) is 0 Å². The van der Waals surface area contributed by atoms with Crippen LogP contribution in [0.2, 0.25) is 0 Å². The Morgan fingerprint density at radius 2 is 1.82 bits per heavy atom. The lowest BCUT2D eigenvalue weighted by Crippen LogP contribution is -2.31. The molecule has 1 N–H and O–H groups in total. The highest BCUT2D eigenvalue weighted by atomic mass is 16.5. The van der Waals surface area contributed by atoms with Gasteiger partial charge in [0.05, 0.1) is 19.3 Å². The van der Waals surface area contributed by atoms with Crippen molar-refractivity contribution in [3.63, 3.8) is 0 Å². The Balaban J connectivity index is 2.06. The second kappa shape index (κ2) is 8.06. The Morgan fingerprint density at radius 3 is 2.45 bits per heavy atom. The van der Waals surface area contributed by atoms with E-state index in [0.717, 1.165) is 29.9 Å². The number of ether oxygens (including phenoxy) is 2. The molecule has 2 rings (SSSR count). The number of carbonyl (C=O) groups excluding carboxylic acids is 1. The van der Waals surface area contributed by atoms with Gasteiger partial charge in [0.1, 0.15) is 0 Å². The Morgan fingerprint density at radius 1 is 1.18 bits per heavy atom. The Hall–Kier alpha value is -1.71. The molecule has 0 spiro atoms. The van der Waals surface area contributed by atoms with Crippen molar-refractivity contribution in [2.75, 3.05) is 13.2 Å². The van der Waals surface area contributed by atoms with Crippen LogP contribution >= 0.6 is 0 Å². The zero-order chi connectivity index (χ0) is 15.9. The molecule has 4 heteroatoms. The van der Waals surface area contributed by atoms with Gasteiger partial charge in [-0.1, -0.05) is 18.9 Å². The second-order valence-corrected chi connectivity index (χ2v) is 5.78. The summed E-state index contributed by atoms with van der Waals surface area (Å²) in [6.07, 6.45) is 4.38. The molecule has 0 heterocycles. The third-order valence-electron chi connectivity index (χ3n) is 4.15. The molecular weight excluding hydrogens is 278 g/mol. The summed E-state index contributed by atoms with van der Waals surface area (Å²) >= 11 is 0. The fraction of sp³-hybridized carbons (Fsp3) is 0.611. The Bertz CT molecular complexity index is 495. The van der Waals surface area contributed by atoms with Crippen LogP contribution in [0, 0.1) is 5.92 Å². The van der Waals surface area contributed by atoms with Gasteiger partial charge in [0.15, 0.2) is 11.5 Å². The lowest BCUT2D eigenvalue weighted by atomic mass is 10.0. The van der Waals surface area contributed by atoms with Crippen molar-refractivity contribution < 1.29 is 14.3 Å². The third kappa shape index (κ3) is 4.15. The fourth-order valence-corrected chi connectivity index (χ4v) is 2.94. The van der Waals surface area contributed by atoms with E-state index in [9.17, 15) is 4.79 Å². The third-order valence-corrected chi connectivity index (χ3v) is 4.15. The molecule has 0 aromatic heterocycles. The monoisotopic (exact) mass is 305 g/mol. The van der Waals surface area contributed by atoms with E-state index in [1.54, 1.807) is 0 Å². The summed E-state index contributed by atoms with van der Waals surface area (Å²) in [5.41, 5.74) is 1.04. The molecule has 22 heavy (non-hydrogen) atoms. The van der Waals surface area contributed by atoms with Crippen molar-refractivity contribution in [1.29, 1.82) is 0 Å². The standard InChI is InChI=1S/C18H27NO3/c1-4-21-16-11-10-15(12-17(16)22-5-2)13(3)19-18(20)14-8-6-7-9-14/h10-14H,4-9H2,1-3H3,(H,19,20)/t13-/m1/s1. The van der Waals surface area contributed by atoms with E-state index in [1.807, 2.05) is 39.0 Å². The zero-order valence-electron chi connectivity index (χ0n) is 13.9. The molecule has 1 fully saturated rings. The average Bonchev–Trinajstić information content (AvgIpc) is 3.04. The predicted octanol–water partition coefficient (Wildman–Crippen LogP) is 3.85. The number of carbonyl (C=O) groups is 1. The molecule has 1 aromatic rings. The molecule has 1 amide bonds. The lowest BCUT2D eigenvalue weighted by Gasteiger charge is -2.19. The van der Waals surface area contributed by atoms with Crippen LogP contribution in [0.5, 0.6) is 11.5 Å². The zero-order valence-corrected chi connectivity index (χ0v) is 13.9. The molecule has 0 saturated heterocycles. The number of rotatable bonds is 7. The minimum atomic E-state index is -0.0250.